The standard InChI is InChI=1S/C7H5Cl2F2NO2S/c8-2-6-5(7(10)11)1-4(3-12-6)15(9,13)14/h1,3,7H,2H2. The van der Waals surface area contributed by atoms with Crippen LogP contribution in [0.4, 0.5) is 8.78 Å². The molecule has 0 aliphatic rings. The van der Waals surface area contributed by atoms with Gasteiger partial charge in [-0.1, -0.05) is 0 Å². The van der Waals surface area contributed by atoms with Gasteiger partial charge >= 0.3 is 0 Å². The number of hydrogen-bond acceptors (Lipinski definition) is 3. The van der Waals surface area contributed by atoms with Crippen LogP contribution in [0.5, 0.6) is 0 Å². The molecular weight excluding hydrogens is 271 g/mol. The van der Waals surface area contributed by atoms with Gasteiger partial charge in [-0.2, -0.15) is 0 Å². The Hall–Kier alpha value is -0.460. The topological polar surface area (TPSA) is 47.0 Å². The third kappa shape index (κ3) is 2.99. The van der Waals surface area contributed by atoms with E-state index in [4.69, 9.17) is 22.3 Å². The minimum Gasteiger partial charge on any atom is -0.258 e. The molecule has 0 N–H and O–H groups in total. The normalized spacial score (nSPS) is 12.1. The van der Waals surface area contributed by atoms with E-state index < -0.39 is 25.9 Å². The highest BCUT2D eigenvalue weighted by Gasteiger charge is 2.19. The lowest BCUT2D eigenvalue weighted by Crippen LogP contribution is -2.00. The average Bonchev–Trinajstić information content (AvgIpc) is 2.15. The molecule has 0 unspecified atom stereocenters. The van der Waals surface area contributed by atoms with Crippen molar-refractivity contribution < 1.29 is 17.2 Å². The van der Waals surface area contributed by atoms with Crippen molar-refractivity contribution in [3.63, 3.8) is 0 Å². The van der Waals surface area contributed by atoms with Gasteiger partial charge in [0.2, 0.25) is 0 Å². The number of pyridine rings is 1. The molecule has 8 heteroatoms. The predicted octanol–water partition coefficient (Wildman–Crippen LogP) is 2.69. The lowest BCUT2D eigenvalue weighted by atomic mass is 10.2. The second-order valence-electron chi connectivity index (χ2n) is 2.58. The molecular formula is C7H5Cl2F2NO2S. The smallest absolute Gasteiger partial charge is 0.258 e. The molecule has 0 saturated carbocycles. The Morgan fingerprint density at radius 3 is 2.47 bits per heavy atom. The van der Waals surface area contributed by atoms with Gasteiger partial charge in [0.05, 0.1) is 11.6 Å². The summed E-state index contributed by atoms with van der Waals surface area (Å²) in [5, 5.41) is 0. The molecule has 1 aromatic rings. The Kier molecular flexibility index (Phi) is 3.86. The van der Waals surface area contributed by atoms with Crippen molar-refractivity contribution in [2.24, 2.45) is 0 Å². The molecule has 15 heavy (non-hydrogen) atoms. The average molecular weight is 276 g/mol. The molecule has 0 aliphatic heterocycles. The summed E-state index contributed by atoms with van der Waals surface area (Å²) >= 11 is 5.36. The summed E-state index contributed by atoms with van der Waals surface area (Å²) in [4.78, 5) is 3.04. The molecule has 84 valence electrons. The van der Waals surface area contributed by atoms with E-state index >= 15 is 0 Å². The first-order chi connectivity index (χ1) is 6.86. The summed E-state index contributed by atoms with van der Waals surface area (Å²) in [6, 6.07) is 0.776. The quantitative estimate of drug-likeness (QED) is 0.630. The zero-order valence-electron chi connectivity index (χ0n) is 7.12. The Labute approximate surface area is 94.4 Å². The van der Waals surface area contributed by atoms with Gasteiger partial charge in [0, 0.05) is 22.4 Å². The van der Waals surface area contributed by atoms with Crippen LogP contribution < -0.4 is 0 Å². The van der Waals surface area contributed by atoms with Crippen molar-refractivity contribution in [1.82, 2.24) is 4.98 Å². The maximum Gasteiger partial charge on any atom is 0.265 e. The highest BCUT2D eigenvalue weighted by Crippen LogP contribution is 2.26. The second kappa shape index (κ2) is 4.59. The first-order valence-electron chi connectivity index (χ1n) is 3.64. The molecule has 0 aliphatic carbocycles. The van der Waals surface area contributed by atoms with E-state index in [0.29, 0.717) is 0 Å². The Morgan fingerprint density at radius 1 is 1.47 bits per heavy atom. The summed E-state index contributed by atoms with van der Waals surface area (Å²) in [7, 11) is 0.935. The van der Waals surface area contributed by atoms with Crippen LogP contribution in [0.3, 0.4) is 0 Å². The highest BCUT2D eigenvalue weighted by molar-refractivity contribution is 8.13. The largest absolute Gasteiger partial charge is 0.265 e. The zero-order chi connectivity index (χ0) is 11.6. The number of alkyl halides is 3. The fourth-order valence-corrected chi connectivity index (χ4v) is 1.85. The van der Waals surface area contributed by atoms with E-state index in [9.17, 15) is 17.2 Å². The van der Waals surface area contributed by atoms with Gasteiger partial charge in [0.15, 0.2) is 0 Å². The van der Waals surface area contributed by atoms with E-state index in [-0.39, 0.29) is 11.6 Å². The highest BCUT2D eigenvalue weighted by atomic mass is 35.7. The molecule has 0 fully saturated rings. The van der Waals surface area contributed by atoms with Crippen LogP contribution in [0.1, 0.15) is 17.7 Å². The maximum atomic E-state index is 12.4. The number of halogens is 4. The van der Waals surface area contributed by atoms with Crippen LogP contribution in [0.15, 0.2) is 17.2 Å². The Morgan fingerprint density at radius 2 is 2.07 bits per heavy atom. The van der Waals surface area contributed by atoms with Crippen molar-refractivity contribution in [2.45, 2.75) is 17.2 Å². The van der Waals surface area contributed by atoms with Crippen LogP contribution in [0.2, 0.25) is 0 Å². The van der Waals surface area contributed by atoms with Crippen molar-refractivity contribution in [1.29, 1.82) is 0 Å². The first kappa shape index (κ1) is 12.6. The molecule has 0 atom stereocenters. The molecule has 0 radical (unpaired) electrons. The van der Waals surface area contributed by atoms with E-state index in [2.05, 4.69) is 4.98 Å². The SMILES string of the molecule is O=S(=O)(Cl)c1cnc(CCl)c(C(F)F)c1. The van der Waals surface area contributed by atoms with E-state index in [1.807, 2.05) is 0 Å². The third-order valence-corrected chi connectivity index (χ3v) is 3.20. The van der Waals surface area contributed by atoms with Crippen LogP contribution >= 0.6 is 22.3 Å². The van der Waals surface area contributed by atoms with Crippen molar-refractivity contribution >= 4 is 31.3 Å². The summed E-state index contributed by atoms with van der Waals surface area (Å²) in [5.41, 5.74) is -0.581. The summed E-state index contributed by atoms with van der Waals surface area (Å²) in [5.74, 6) is -0.220. The predicted molar refractivity (Wildman–Crippen MR) is 51.8 cm³/mol. The van der Waals surface area contributed by atoms with Crippen LogP contribution in [-0.4, -0.2) is 13.4 Å². The third-order valence-electron chi connectivity index (χ3n) is 1.62. The summed E-state index contributed by atoms with van der Waals surface area (Å²) in [6.07, 6.45) is -1.95. The van der Waals surface area contributed by atoms with E-state index in [1.54, 1.807) is 0 Å². The minimum absolute atomic E-state index is 0.0595. The Bertz CT molecular complexity index is 464. The molecule has 3 nitrogen and oxygen atoms in total. The molecule has 1 rings (SSSR count). The van der Waals surface area contributed by atoms with E-state index in [0.717, 1.165) is 12.3 Å². The van der Waals surface area contributed by atoms with Crippen molar-refractivity contribution in [3.05, 3.63) is 23.5 Å². The van der Waals surface area contributed by atoms with Gasteiger partial charge in [0.25, 0.3) is 15.5 Å². The first-order valence-corrected chi connectivity index (χ1v) is 6.48. The molecule has 0 bridgehead atoms. The maximum absolute atomic E-state index is 12.4. The summed E-state index contributed by atoms with van der Waals surface area (Å²) in [6.45, 7) is 0. The fraction of sp³-hybridized carbons (Fsp3) is 0.286. The monoisotopic (exact) mass is 275 g/mol. The van der Waals surface area contributed by atoms with Crippen LogP contribution in [0, 0.1) is 0 Å². The summed E-state index contributed by atoms with van der Waals surface area (Å²) < 4.78 is 46.6. The van der Waals surface area contributed by atoms with Crippen LogP contribution in [-0.2, 0) is 14.9 Å². The molecule has 0 spiro atoms. The van der Waals surface area contributed by atoms with Gasteiger partial charge in [-0.25, -0.2) is 17.2 Å². The van der Waals surface area contributed by atoms with Gasteiger partial charge in [-0.3, -0.25) is 4.98 Å². The van der Waals surface area contributed by atoms with Gasteiger partial charge in [0.1, 0.15) is 4.90 Å². The fourth-order valence-electron chi connectivity index (χ4n) is 0.924. The number of rotatable bonds is 3. The zero-order valence-corrected chi connectivity index (χ0v) is 9.45. The number of aromatic nitrogens is 1. The second-order valence-corrected chi connectivity index (χ2v) is 5.41. The van der Waals surface area contributed by atoms with Gasteiger partial charge in [-0.05, 0) is 6.07 Å². The van der Waals surface area contributed by atoms with Crippen molar-refractivity contribution in [3.8, 4) is 0 Å². The lowest BCUT2D eigenvalue weighted by molar-refractivity contribution is 0.149. The molecule has 0 saturated heterocycles. The molecule has 0 aromatic carbocycles. The molecule has 1 aromatic heterocycles. The van der Waals surface area contributed by atoms with Crippen LogP contribution in [0.25, 0.3) is 0 Å². The molecule has 1 heterocycles. The van der Waals surface area contributed by atoms with Crippen molar-refractivity contribution in [2.75, 3.05) is 0 Å². The van der Waals surface area contributed by atoms with Gasteiger partial charge in [-0.15, -0.1) is 11.6 Å². The van der Waals surface area contributed by atoms with Gasteiger partial charge < -0.3 is 0 Å². The molecule has 0 amide bonds. The lowest BCUT2D eigenvalue weighted by Gasteiger charge is -2.06. The number of nitrogens with zero attached hydrogens (tertiary/aromatic N) is 1. The Balaban J connectivity index is 3.35. The number of hydrogen-bond donors (Lipinski definition) is 0. The van der Waals surface area contributed by atoms with E-state index in [1.165, 1.54) is 0 Å². The minimum atomic E-state index is -4.05.